The van der Waals surface area contributed by atoms with Crippen molar-refractivity contribution < 1.29 is 0 Å². The summed E-state index contributed by atoms with van der Waals surface area (Å²) in [6.07, 6.45) is 2.65. The highest BCUT2D eigenvalue weighted by molar-refractivity contribution is 7.13. The molecule has 2 heterocycles. The standard InChI is InChI=1S/C12H21N3S/c1-9-4-5-10(2)15(7-9)12-14-11(6-13-3)8-16-12/h8-10,13H,4-7H2,1-3H3. The predicted molar refractivity (Wildman–Crippen MR) is 70.1 cm³/mol. The second-order valence-corrected chi connectivity index (χ2v) is 5.67. The van der Waals surface area contributed by atoms with Gasteiger partial charge in [0.05, 0.1) is 5.69 Å². The third-order valence-electron chi connectivity index (χ3n) is 3.26. The highest BCUT2D eigenvalue weighted by atomic mass is 32.1. The molecule has 2 atom stereocenters. The quantitative estimate of drug-likeness (QED) is 0.878. The number of aromatic nitrogens is 1. The van der Waals surface area contributed by atoms with Gasteiger partial charge in [-0.25, -0.2) is 4.98 Å². The predicted octanol–water partition coefficient (Wildman–Crippen LogP) is 2.49. The van der Waals surface area contributed by atoms with Crippen LogP contribution in [0, 0.1) is 5.92 Å². The third-order valence-corrected chi connectivity index (χ3v) is 4.19. The van der Waals surface area contributed by atoms with Crippen LogP contribution in [-0.2, 0) is 6.54 Å². The molecule has 3 nitrogen and oxygen atoms in total. The third kappa shape index (κ3) is 2.55. The van der Waals surface area contributed by atoms with Gasteiger partial charge in [-0.15, -0.1) is 11.3 Å². The maximum Gasteiger partial charge on any atom is 0.185 e. The minimum atomic E-state index is 0.643. The Kier molecular flexibility index (Phi) is 3.82. The molecule has 1 saturated heterocycles. The van der Waals surface area contributed by atoms with Gasteiger partial charge in [0.15, 0.2) is 5.13 Å². The number of rotatable bonds is 3. The molecular weight excluding hydrogens is 218 g/mol. The van der Waals surface area contributed by atoms with E-state index < -0.39 is 0 Å². The highest BCUT2D eigenvalue weighted by Crippen LogP contribution is 2.29. The van der Waals surface area contributed by atoms with Gasteiger partial charge in [-0.1, -0.05) is 6.92 Å². The van der Waals surface area contributed by atoms with Crippen LogP contribution in [0.25, 0.3) is 0 Å². The van der Waals surface area contributed by atoms with Crippen molar-refractivity contribution in [2.45, 2.75) is 39.3 Å². The molecular formula is C12H21N3S. The molecule has 1 N–H and O–H groups in total. The Balaban J connectivity index is 2.08. The lowest BCUT2D eigenvalue weighted by atomic mass is 9.96. The Morgan fingerprint density at radius 3 is 3.06 bits per heavy atom. The van der Waals surface area contributed by atoms with Crippen molar-refractivity contribution in [1.29, 1.82) is 0 Å². The van der Waals surface area contributed by atoms with Crippen molar-refractivity contribution in [3.63, 3.8) is 0 Å². The van der Waals surface area contributed by atoms with E-state index in [9.17, 15) is 0 Å². The summed E-state index contributed by atoms with van der Waals surface area (Å²) in [4.78, 5) is 7.16. The molecule has 1 aromatic heterocycles. The largest absolute Gasteiger partial charge is 0.345 e. The number of nitrogens with zero attached hydrogens (tertiary/aromatic N) is 2. The summed E-state index contributed by atoms with van der Waals surface area (Å²) >= 11 is 1.78. The van der Waals surface area contributed by atoms with Crippen molar-refractivity contribution in [1.82, 2.24) is 10.3 Å². The van der Waals surface area contributed by atoms with Crippen molar-refractivity contribution in [3.8, 4) is 0 Å². The van der Waals surface area contributed by atoms with E-state index in [0.29, 0.717) is 6.04 Å². The van der Waals surface area contributed by atoms with Crippen molar-refractivity contribution in [3.05, 3.63) is 11.1 Å². The molecule has 1 fully saturated rings. The average Bonchev–Trinajstić information content (AvgIpc) is 2.71. The van der Waals surface area contributed by atoms with Crippen LogP contribution in [0.3, 0.4) is 0 Å². The van der Waals surface area contributed by atoms with Crippen LogP contribution in [-0.4, -0.2) is 24.6 Å². The molecule has 0 radical (unpaired) electrons. The summed E-state index contributed by atoms with van der Waals surface area (Å²) in [7, 11) is 1.96. The minimum absolute atomic E-state index is 0.643. The molecule has 0 bridgehead atoms. The summed E-state index contributed by atoms with van der Waals surface area (Å²) < 4.78 is 0. The van der Waals surface area contributed by atoms with Crippen molar-refractivity contribution in [2.75, 3.05) is 18.5 Å². The fourth-order valence-corrected chi connectivity index (χ4v) is 3.18. The lowest BCUT2D eigenvalue weighted by molar-refractivity contribution is 0.390. The van der Waals surface area contributed by atoms with Crippen molar-refractivity contribution in [2.24, 2.45) is 5.92 Å². The Hall–Kier alpha value is -0.610. The molecule has 2 unspecified atom stereocenters. The first kappa shape index (κ1) is 11.9. The Bertz CT molecular complexity index is 337. The SMILES string of the molecule is CNCc1csc(N2CC(C)CCC2C)n1. The molecule has 1 aromatic rings. The van der Waals surface area contributed by atoms with Crippen LogP contribution < -0.4 is 10.2 Å². The molecule has 0 aliphatic carbocycles. The first-order chi connectivity index (χ1) is 7.70. The molecule has 4 heteroatoms. The molecule has 0 aromatic carbocycles. The first-order valence-electron chi connectivity index (χ1n) is 6.06. The smallest absolute Gasteiger partial charge is 0.185 e. The van der Waals surface area contributed by atoms with E-state index in [2.05, 4.69) is 29.4 Å². The lowest BCUT2D eigenvalue weighted by Crippen LogP contribution is -2.41. The van der Waals surface area contributed by atoms with E-state index in [1.165, 1.54) is 18.0 Å². The Morgan fingerprint density at radius 1 is 1.50 bits per heavy atom. The van der Waals surface area contributed by atoms with Gasteiger partial charge in [0.1, 0.15) is 0 Å². The van der Waals surface area contributed by atoms with Crippen LogP contribution >= 0.6 is 11.3 Å². The normalized spacial score (nSPS) is 26.1. The molecule has 1 aliphatic heterocycles. The summed E-state index contributed by atoms with van der Waals surface area (Å²) in [5.74, 6) is 0.799. The summed E-state index contributed by atoms with van der Waals surface area (Å²) in [6, 6.07) is 0.643. The van der Waals surface area contributed by atoms with Crippen LogP contribution in [0.15, 0.2) is 5.38 Å². The van der Waals surface area contributed by atoms with E-state index >= 15 is 0 Å². The van der Waals surface area contributed by atoms with E-state index in [-0.39, 0.29) is 0 Å². The maximum atomic E-state index is 4.69. The van der Waals surface area contributed by atoms with Crippen LogP contribution in [0.1, 0.15) is 32.4 Å². The lowest BCUT2D eigenvalue weighted by Gasteiger charge is -2.36. The highest BCUT2D eigenvalue weighted by Gasteiger charge is 2.24. The molecule has 1 aliphatic rings. The molecule has 0 amide bonds. The average molecular weight is 239 g/mol. The van der Waals surface area contributed by atoms with Crippen molar-refractivity contribution >= 4 is 16.5 Å². The number of thiazole rings is 1. The van der Waals surface area contributed by atoms with E-state index in [1.807, 2.05) is 7.05 Å². The van der Waals surface area contributed by atoms with E-state index in [0.717, 1.165) is 24.7 Å². The van der Waals surface area contributed by atoms with Crippen LogP contribution in [0.5, 0.6) is 0 Å². The topological polar surface area (TPSA) is 28.2 Å². The fraction of sp³-hybridized carbons (Fsp3) is 0.750. The van der Waals surface area contributed by atoms with Gasteiger partial charge in [0.2, 0.25) is 0 Å². The van der Waals surface area contributed by atoms with Gasteiger partial charge in [-0.2, -0.15) is 0 Å². The minimum Gasteiger partial charge on any atom is -0.345 e. The Morgan fingerprint density at radius 2 is 2.31 bits per heavy atom. The molecule has 90 valence electrons. The molecule has 2 rings (SSSR count). The Labute approximate surface area is 102 Å². The number of nitrogens with one attached hydrogen (secondary N) is 1. The van der Waals surface area contributed by atoms with Gasteiger partial charge in [-0.05, 0) is 32.7 Å². The summed E-state index contributed by atoms with van der Waals surface area (Å²) in [6.45, 7) is 6.67. The van der Waals surface area contributed by atoms with Gasteiger partial charge in [-0.3, -0.25) is 0 Å². The number of hydrogen-bond donors (Lipinski definition) is 1. The zero-order valence-corrected chi connectivity index (χ0v) is 11.2. The number of anilines is 1. The van der Waals surface area contributed by atoms with Crippen LogP contribution in [0.2, 0.25) is 0 Å². The van der Waals surface area contributed by atoms with Gasteiger partial charge in [0.25, 0.3) is 0 Å². The monoisotopic (exact) mass is 239 g/mol. The van der Waals surface area contributed by atoms with Gasteiger partial charge < -0.3 is 10.2 Å². The molecule has 0 saturated carbocycles. The number of hydrogen-bond acceptors (Lipinski definition) is 4. The van der Waals surface area contributed by atoms with E-state index in [1.54, 1.807) is 11.3 Å². The number of piperidine rings is 1. The molecule has 0 spiro atoms. The fourth-order valence-electron chi connectivity index (χ4n) is 2.25. The summed E-state index contributed by atoms with van der Waals surface area (Å²) in [5.41, 5.74) is 1.16. The van der Waals surface area contributed by atoms with Gasteiger partial charge in [0, 0.05) is 24.5 Å². The molecule has 16 heavy (non-hydrogen) atoms. The zero-order chi connectivity index (χ0) is 11.5. The van der Waals surface area contributed by atoms with Gasteiger partial charge >= 0.3 is 0 Å². The van der Waals surface area contributed by atoms with E-state index in [4.69, 9.17) is 4.98 Å². The first-order valence-corrected chi connectivity index (χ1v) is 6.94. The maximum absolute atomic E-state index is 4.69. The summed E-state index contributed by atoms with van der Waals surface area (Å²) in [5, 5.41) is 6.51. The second-order valence-electron chi connectivity index (χ2n) is 4.84. The zero-order valence-electron chi connectivity index (χ0n) is 10.4. The van der Waals surface area contributed by atoms with Crippen LogP contribution in [0.4, 0.5) is 5.13 Å². The second kappa shape index (κ2) is 5.15.